The first-order valence-electron chi connectivity index (χ1n) is 7.40. The van der Waals surface area contributed by atoms with Gasteiger partial charge < -0.3 is 15.2 Å². The molecule has 0 spiro atoms. The highest BCUT2D eigenvalue weighted by Gasteiger charge is 2.13. The van der Waals surface area contributed by atoms with E-state index < -0.39 is 6.10 Å². The van der Waals surface area contributed by atoms with Crippen molar-refractivity contribution in [1.82, 2.24) is 5.32 Å². The maximum absolute atomic E-state index is 11.7. The lowest BCUT2D eigenvalue weighted by Crippen LogP contribution is -2.28. The number of rotatable bonds is 7. The second-order valence-corrected chi connectivity index (χ2v) is 6.51. The van der Waals surface area contributed by atoms with Crippen molar-refractivity contribution < 1.29 is 14.6 Å². The standard InChI is InChI=1S/C17H27NO3/c1-17(2,3)10-6-9-16(20)18-12-15(19)13-7-5-8-14(11-13)21-4/h5,7-8,11,15,19H,6,9-10,12H2,1-4H3,(H,18,20). The molecule has 4 heteroatoms. The van der Waals surface area contributed by atoms with E-state index in [0.29, 0.717) is 12.2 Å². The Bertz CT molecular complexity index is 452. The van der Waals surface area contributed by atoms with Crippen molar-refractivity contribution in [3.05, 3.63) is 29.8 Å². The Balaban J connectivity index is 2.35. The summed E-state index contributed by atoms with van der Waals surface area (Å²) in [7, 11) is 1.59. The van der Waals surface area contributed by atoms with E-state index >= 15 is 0 Å². The fourth-order valence-electron chi connectivity index (χ4n) is 2.04. The lowest BCUT2D eigenvalue weighted by atomic mass is 9.90. The Morgan fingerprint density at radius 1 is 1.38 bits per heavy atom. The molecule has 0 heterocycles. The summed E-state index contributed by atoms with van der Waals surface area (Å²) in [4.78, 5) is 11.7. The molecule has 0 aliphatic rings. The van der Waals surface area contributed by atoms with Gasteiger partial charge in [-0.25, -0.2) is 0 Å². The summed E-state index contributed by atoms with van der Waals surface area (Å²) >= 11 is 0. The number of carbonyl (C=O) groups excluding carboxylic acids is 1. The van der Waals surface area contributed by atoms with Gasteiger partial charge >= 0.3 is 0 Å². The van der Waals surface area contributed by atoms with Gasteiger partial charge in [0.1, 0.15) is 5.75 Å². The van der Waals surface area contributed by atoms with Gasteiger partial charge in [-0.05, 0) is 36.0 Å². The van der Waals surface area contributed by atoms with Crippen molar-refractivity contribution in [2.75, 3.05) is 13.7 Å². The van der Waals surface area contributed by atoms with E-state index in [1.807, 2.05) is 18.2 Å². The molecule has 1 aromatic carbocycles. The Hall–Kier alpha value is -1.55. The molecule has 118 valence electrons. The number of hydrogen-bond acceptors (Lipinski definition) is 3. The summed E-state index contributed by atoms with van der Waals surface area (Å²) in [5.41, 5.74) is 0.991. The summed E-state index contributed by atoms with van der Waals surface area (Å²) in [6, 6.07) is 7.24. The van der Waals surface area contributed by atoms with Crippen molar-refractivity contribution in [3.8, 4) is 5.75 Å². The van der Waals surface area contributed by atoms with Crippen molar-refractivity contribution in [3.63, 3.8) is 0 Å². The summed E-state index contributed by atoms with van der Waals surface area (Å²) in [6.45, 7) is 6.72. The molecule has 1 amide bonds. The van der Waals surface area contributed by atoms with Crippen LogP contribution in [0.3, 0.4) is 0 Å². The SMILES string of the molecule is COc1cccc(C(O)CNC(=O)CCCC(C)(C)C)c1. The zero-order chi connectivity index (χ0) is 15.9. The summed E-state index contributed by atoms with van der Waals surface area (Å²) < 4.78 is 5.12. The van der Waals surface area contributed by atoms with Crippen LogP contribution in [-0.2, 0) is 4.79 Å². The second-order valence-electron chi connectivity index (χ2n) is 6.51. The predicted molar refractivity (Wildman–Crippen MR) is 84.3 cm³/mol. The van der Waals surface area contributed by atoms with Crippen LogP contribution in [0.4, 0.5) is 0 Å². The molecular weight excluding hydrogens is 266 g/mol. The molecule has 0 fully saturated rings. The first-order valence-corrected chi connectivity index (χ1v) is 7.40. The maximum atomic E-state index is 11.7. The van der Waals surface area contributed by atoms with E-state index in [-0.39, 0.29) is 17.9 Å². The van der Waals surface area contributed by atoms with Gasteiger partial charge in [-0.15, -0.1) is 0 Å². The van der Waals surface area contributed by atoms with Crippen molar-refractivity contribution in [1.29, 1.82) is 0 Å². The number of methoxy groups -OCH3 is 1. The van der Waals surface area contributed by atoms with Crippen LogP contribution in [0.5, 0.6) is 5.75 Å². The van der Waals surface area contributed by atoms with Gasteiger partial charge in [-0.2, -0.15) is 0 Å². The first-order chi connectivity index (χ1) is 9.81. The van der Waals surface area contributed by atoms with Gasteiger partial charge in [0.15, 0.2) is 0 Å². The highest BCUT2D eigenvalue weighted by molar-refractivity contribution is 5.75. The number of aliphatic hydroxyl groups excluding tert-OH is 1. The van der Waals surface area contributed by atoms with Crippen LogP contribution in [0.1, 0.15) is 51.7 Å². The Kier molecular flexibility index (Phi) is 6.69. The van der Waals surface area contributed by atoms with Crippen LogP contribution in [0, 0.1) is 5.41 Å². The first kappa shape index (κ1) is 17.5. The molecule has 1 unspecified atom stereocenters. The third-order valence-electron chi connectivity index (χ3n) is 3.30. The van der Waals surface area contributed by atoms with E-state index in [1.54, 1.807) is 13.2 Å². The van der Waals surface area contributed by atoms with Crippen LogP contribution < -0.4 is 10.1 Å². The molecule has 1 aromatic rings. The van der Waals surface area contributed by atoms with Gasteiger partial charge in [-0.3, -0.25) is 4.79 Å². The normalized spacial score (nSPS) is 12.8. The lowest BCUT2D eigenvalue weighted by Gasteiger charge is -2.17. The number of aliphatic hydroxyl groups is 1. The number of carbonyl (C=O) groups is 1. The fourth-order valence-corrected chi connectivity index (χ4v) is 2.04. The Labute approximate surface area is 127 Å². The van der Waals surface area contributed by atoms with Crippen molar-refractivity contribution in [2.24, 2.45) is 5.41 Å². The number of nitrogens with one attached hydrogen (secondary N) is 1. The van der Waals surface area contributed by atoms with Gasteiger partial charge in [-0.1, -0.05) is 32.9 Å². The number of amides is 1. The Morgan fingerprint density at radius 3 is 2.71 bits per heavy atom. The topological polar surface area (TPSA) is 58.6 Å². The molecule has 0 bridgehead atoms. The zero-order valence-corrected chi connectivity index (χ0v) is 13.5. The van der Waals surface area contributed by atoms with Crippen molar-refractivity contribution >= 4 is 5.91 Å². The fraction of sp³-hybridized carbons (Fsp3) is 0.588. The minimum Gasteiger partial charge on any atom is -0.497 e. The molecule has 0 saturated heterocycles. The molecule has 1 atom stereocenters. The average molecular weight is 293 g/mol. The number of ether oxygens (including phenoxy) is 1. The van der Waals surface area contributed by atoms with E-state index in [9.17, 15) is 9.90 Å². The maximum Gasteiger partial charge on any atom is 0.220 e. The van der Waals surface area contributed by atoms with Crippen LogP contribution in [0.25, 0.3) is 0 Å². The van der Waals surface area contributed by atoms with Crippen LogP contribution in [0.15, 0.2) is 24.3 Å². The van der Waals surface area contributed by atoms with Crippen LogP contribution in [0.2, 0.25) is 0 Å². The third kappa shape index (κ3) is 7.14. The number of hydrogen-bond donors (Lipinski definition) is 2. The third-order valence-corrected chi connectivity index (χ3v) is 3.30. The average Bonchev–Trinajstić information content (AvgIpc) is 2.43. The molecule has 0 saturated carbocycles. The predicted octanol–water partition coefficient (Wildman–Crippen LogP) is 3.06. The van der Waals surface area contributed by atoms with Crippen LogP contribution >= 0.6 is 0 Å². The summed E-state index contributed by atoms with van der Waals surface area (Å²) in [5, 5.41) is 12.8. The van der Waals surface area contributed by atoms with Gasteiger partial charge in [0.25, 0.3) is 0 Å². The number of benzene rings is 1. The van der Waals surface area contributed by atoms with Gasteiger partial charge in [0.05, 0.1) is 13.2 Å². The summed E-state index contributed by atoms with van der Waals surface area (Å²) in [6.07, 6.45) is 1.66. The molecule has 4 nitrogen and oxygen atoms in total. The Morgan fingerprint density at radius 2 is 2.10 bits per heavy atom. The van der Waals surface area contributed by atoms with Crippen LogP contribution in [-0.4, -0.2) is 24.7 Å². The van der Waals surface area contributed by atoms with Crippen molar-refractivity contribution in [2.45, 2.75) is 46.1 Å². The zero-order valence-electron chi connectivity index (χ0n) is 13.5. The van der Waals surface area contributed by atoms with E-state index in [0.717, 1.165) is 18.4 Å². The highest BCUT2D eigenvalue weighted by atomic mass is 16.5. The van der Waals surface area contributed by atoms with E-state index in [4.69, 9.17) is 4.74 Å². The molecule has 0 aliphatic heterocycles. The molecule has 21 heavy (non-hydrogen) atoms. The minimum absolute atomic E-state index is 0.0128. The monoisotopic (exact) mass is 293 g/mol. The molecule has 0 aromatic heterocycles. The molecule has 1 rings (SSSR count). The molecular formula is C17H27NO3. The summed E-state index contributed by atoms with van der Waals surface area (Å²) in [5.74, 6) is 0.684. The second kappa shape index (κ2) is 8.03. The lowest BCUT2D eigenvalue weighted by molar-refractivity contribution is -0.121. The molecule has 0 radical (unpaired) electrons. The molecule has 2 N–H and O–H groups in total. The van der Waals surface area contributed by atoms with Gasteiger partial charge in [0.2, 0.25) is 5.91 Å². The largest absolute Gasteiger partial charge is 0.497 e. The van der Waals surface area contributed by atoms with E-state index in [1.165, 1.54) is 0 Å². The quantitative estimate of drug-likeness (QED) is 0.812. The van der Waals surface area contributed by atoms with Gasteiger partial charge in [0, 0.05) is 13.0 Å². The molecule has 0 aliphatic carbocycles. The van der Waals surface area contributed by atoms with E-state index in [2.05, 4.69) is 26.1 Å². The highest BCUT2D eigenvalue weighted by Crippen LogP contribution is 2.21. The minimum atomic E-state index is -0.716. The smallest absolute Gasteiger partial charge is 0.220 e.